The number of aromatic amines is 1. The maximum atomic E-state index is 11.8. The van der Waals surface area contributed by atoms with Crippen LogP contribution in [-0.2, 0) is 6.61 Å². The van der Waals surface area contributed by atoms with Gasteiger partial charge in [-0.05, 0) is 29.8 Å². The van der Waals surface area contributed by atoms with Crippen molar-refractivity contribution in [3.05, 3.63) is 53.3 Å². The normalized spacial score (nSPS) is 9.78. The number of amides is 1. The van der Waals surface area contributed by atoms with Gasteiger partial charge in [0.25, 0.3) is 5.91 Å². The average Bonchev–Trinajstić information content (AvgIpc) is 2.88. The van der Waals surface area contributed by atoms with Gasteiger partial charge >= 0.3 is 0 Å². The molecule has 18 heavy (non-hydrogen) atoms. The zero-order valence-corrected chi connectivity index (χ0v) is 9.47. The number of aliphatic hydroxyl groups excluding tert-OH is 1. The number of H-pyrrole nitrogens is 1. The molecule has 1 aromatic carbocycles. The van der Waals surface area contributed by atoms with Crippen molar-refractivity contribution in [3.63, 3.8) is 0 Å². The van der Waals surface area contributed by atoms with Crippen LogP contribution in [-0.4, -0.2) is 16.0 Å². The monoisotopic (exact) mass is 241 g/mol. The average molecular weight is 241 g/mol. The highest BCUT2D eigenvalue weighted by Crippen LogP contribution is 2.12. The molecule has 0 aliphatic rings. The summed E-state index contributed by atoms with van der Waals surface area (Å²) >= 11 is 0. The zero-order valence-electron chi connectivity index (χ0n) is 9.47. The molecule has 2 aromatic rings. The van der Waals surface area contributed by atoms with Gasteiger partial charge in [-0.2, -0.15) is 5.26 Å². The lowest BCUT2D eigenvalue weighted by Crippen LogP contribution is -2.12. The topological polar surface area (TPSA) is 88.9 Å². The lowest BCUT2D eigenvalue weighted by Gasteiger charge is -2.05. The fourth-order valence-corrected chi connectivity index (χ4v) is 1.54. The number of hydrogen-bond donors (Lipinski definition) is 3. The van der Waals surface area contributed by atoms with Gasteiger partial charge in [-0.15, -0.1) is 0 Å². The molecule has 0 aliphatic carbocycles. The number of hydrogen-bond acceptors (Lipinski definition) is 3. The van der Waals surface area contributed by atoms with Crippen LogP contribution in [0.3, 0.4) is 0 Å². The smallest absolute Gasteiger partial charge is 0.272 e. The third kappa shape index (κ3) is 2.56. The van der Waals surface area contributed by atoms with E-state index in [1.165, 1.54) is 0 Å². The molecular formula is C13H11N3O2. The minimum Gasteiger partial charge on any atom is -0.392 e. The number of carbonyl (C=O) groups excluding carboxylic acids is 1. The third-order valence-corrected chi connectivity index (χ3v) is 2.42. The molecule has 1 amide bonds. The van der Waals surface area contributed by atoms with Gasteiger partial charge in [0, 0.05) is 5.69 Å². The van der Waals surface area contributed by atoms with Crippen molar-refractivity contribution < 1.29 is 9.90 Å². The van der Waals surface area contributed by atoms with Crippen LogP contribution in [0, 0.1) is 11.3 Å². The first kappa shape index (κ1) is 11.9. The molecule has 0 aliphatic heterocycles. The summed E-state index contributed by atoms with van der Waals surface area (Å²) in [6, 6.07) is 11.9. The predicted octanol–water partition coefficient (Wildman–Crippen LogP) is 1.63. The van der Waals surface area contributed by atoms with E-state index in [1.807, 2.05) is 6.07 Å². The summed E-state index contributed by atoms with van der Waals surface area (Å²) in [5, 5.41) is 20.3. The minimum absolute atomic E-state index is 0.0786. The van der Waals surface area contributed by atoms with E-state index in [2.05, 4.69) is 10.3 Å². The number of nitrogens with one attached hydrogen (secondary N) is 2. The molecule has 0 unspecified atom stereocenters. The van der Waals surface area contributed by atoms with Crippen molar-refractivity contribution in [2.75, 3.05) is 5.32 Å². The SMILES string of the molecule is N#Cc1ccc(C(=O)Nc2cccc(CO)c2)[nH]1. The lowest BCUT2D eigenvalue weighted by atomic mass is 10.2. The van der Waals surface area contributed by atoms with Crippen LogP contribution in [0.4, 0.5) is 5.69 Å². The second kappa shape index (κ2) is 5.17. The van der Waals surface area contributed by atoms with E-state index in [4.69, 9.17) is 10.4 Å². The molecule has 0 fully saturated rings. The Hall–Kier alpha value is -2.58. The van der Waals surface area contributed by atoms with Crippen LogP contribution >= 0.6 is 0 Å². The molecule has 0 bridgehead atoms. The van der Waals surface area contributed by atoms with E-state index in [0.717, 1.165) is 5.56 Å². The Morgan fingerprint density at radius 1 is 1.39 bits per heavy atom. The van der Waals surface area contributed by atoms with E-state index in [-0.39, 0.29) is 12.5 Å². The molecule has 5 heteroatoms. The summed E-state index contributed by atoms with van der Waals surface area (Å²) in [5.74, 6) is -0.327. The Bertz CT molecular complexity index is 611. The van der Waals surface area contributed by atoms with Crippen LogP contribution in [0.2, 0.25) is 0 Å². The molecule has 0 atom stereocenters. The zero-order chi connectivity index (χ0) is 13.0. The summed E-state index contributed by atoms with van der Waals surface area (Å²) in [6.45, 7) is -0.0786. The number of nitriles is 1. The molecule has 1 aromatic heterocycles. The largest absolute Gasteiger partial charge is 0.392 e. The van der Waals surface area contributed by atoms with E-state index in [1.54, 1.807) is 36.4 Å². The Balaban J connectivity index is 2.13. The van der Waals surface area contributed by atoms with Crippen molar-refractivity contribution in [3.8, 4) is 6.07 Å². The molecule has 2 rings (SSSR count). The first-order valence-corrected chi connectivity index (χ1v) is 5.33. The fourth-order valence-electron chi connectivity index (χ4n) is 1.54. The first-order chi connectivity index (χ1) is 8.72. The molecular weight excluding hydrogens is 230 g/mol. The van der Waals surface area contributed by atoms with Crippen molar-refractivity contribution >= 4 is 11.6 Å². The Kier molecular flexibility index (Phi) is 3.41. The summed E-state index contributed by atoms with van der Waals surface area (Å²) < 4.78 is 0. The Labute approximate surface area is 104 Å². The molecule has 0 radical (unpaired) electrons. The summed E-state index contributed by atoms with van der Waals surface area (Å²) in [7, 11) is 0. The summed E-state index contributed by atoms with van der Waals surface area (Å²) in [6.07, 6.45) is 0. The Morgan fingerprint density at radius 2 is 2.22 bits per heavy atom. The quantitative estimate of drug-likeness (QED) is 0.763. The van der Waals surface area contributed by atoms with Crippen molar-refractivity contribution in [2.24, 2.45) is 0 Å². The van der Waals surface area contributed by atoms with E-state index < -0.39 is 0 Å². The number of carbonyl (C=O) groups is 1. The molecule has 0 spiro atoms. The van der Waals surface area contributed by atoms with Crippen molar-refractivity contribution in [1.82, 2.24) is 4.98 Å². The molecule has 3 N–H and O–H groups in total. The van der Waals surface area contributed by atoms with Gasteiger partial charge in [-0.1, -0.05) is 12.1 Å². The summed E-state index contributed by atoms with van der Waals surface area (Å²) in [4.78, 5) is 14.5. The maximum absolute atomic E-state index is 11.8. The van der Waals surface area contributed by atoms with E-state index in [9.17, 15) is 4.79 Å². The van der Waals surface area contributed by atoms with E-state index >= 15 is 0 Å². The van der Waals surface area contributed by atoms with Crippen LogP contribution < -0.4 is 5.32 Å². The lowest BCUT2D eigenvalue weighted by molar-refractivity contribution is 0.102. The highest BCUT2D eigenvalue weighted by atomic mass is 16.3. The highest BCUT2D eigenvalue weighted by molar-refractivity contribution is 6.03. The number of benzene rings is 1. The molecule has 0 saturated heterocycles. The van der Waals surface area contributed by atoms with Gasteiger partial charge in [0.1, 0.15) is 17.5 Å². The van der Waals surface area contributed by atoms with Gasteiger partial charge in [0.15, 0.2) is 0 Å². The predicted molar refractivity (Wildman–Crippen MR) is 65.8 cm³/mol. The fraction of sp³-hybridized carbons (Fsp3) is 0.0769. The molecule has 90 valence electrons. The third-order valence-electron chi connectivity index (χ3n) is 2.42. The van der Waals surface area contributed by atoms with Crippen LogP contribution in [0.1, 0.15) is 21.7 Å². The van der Waals surface area contributed by atoms with Crippen LogP contribution in [0.25, 0.3) is 0 Å². The molecule has 0 saturated carbocycles. The van der Waals surface area contributed by atoms with Crippen molar-refractivity contribution in [1.29, 1.82) is 5.26 Å². The Morgan fingerprint density at radius 3 is 2.89 bits per heavy atom. The van der Waals surface area contributed by atoms with Gasteiger partial charge in [-0.3, -0.25) is 4.79 Å². The van der Waals surface area contributed by atoms with Gasteiger partial charge in [-0.25, -0.2) is 0 Å². The number of rotatable bonds is 3. The van der Waals surface area contributed by atoms with Crippen molar-refractivity contribution in [2.45, 2.75) is 6.61 Å². The van der Waals surface area contributed by atoms with Crippen LogP contribution in [0.15, 0.2) is 36.4 Å². The second-order valence-corrected chi connectivity index (χ2v) is 3.71. The van der Waals surface area contributed by atoms with Gasteiger partial charge < -0.3 is 15.4 Å². The minimum atomic E-state index is -0.327. The number of aliphatic hydroxyl groups is 1. The maximum Gasteiger partial charge on any atom is 0.272 e. The van der Waals surface area contributed by atoms with Gasteiger partial charge in [0.2, 0.25) is 0 Å². The van der Waals surface area contributed by atoms with Gasteiger partial charge in [0.05, 0.1) is 6.61 Å². The first-order valence-electron chi connectivity index (χ1n) is 5.33. The number of anilines is 1. The molecule has 5 nitrogen and oxygen atoms in total. The molecule has 1 heterocycles. The standard InChI is InChI=1S/C13H11N3O2/c14-7-11-4-5-12(15-11)13(18)16-10-3-1-2-9(6-10)8-17/h1-6,15,17H,8H2,(H,16,18). The number of aromatic nitrogens is 1. The summed E-state index contributed by atoms with van der Waals surface area (Å²) in [5.41, 5.74) is 1.97. The highest BCUT2D eigenvalue weighted by Gasteiger charge is 2.08. The van der Waals surface area contributed by atoms with E-state index in [0.29, 0.717) is 17.1 Å². The second-order valence-electron chi connectivity index (χ2n) is 3.71. The van der Waals surface area contributed by atoms with Crippen LogP contribution in [0.5, 0.6) is 0 Å². The number of nitrogens with zero attached hydrogens (tertiary/aromatic N) is 1.